The Morgan fingerprint density at radius 2 is 0.617 bits per heavy atom. The molecule has 0 saturated heterocycles. The normalized spacial score (nSPS) is 12.6. The van der Waals surface area contributed by atoms with Crippen molar-refractivity contribution in [1.29, 1.82) is 0 Å². The van der Waals surface area contributed by atoms with Crippen LogP contribution in [0.5, 0.6) is 0 Å². The van der Waals surface area contributed by atoms with E-state index in [0.29, 0.717) is 25.9 Å². The Kier molecular flexibility index (Phi) is 69.4. The predicted molar refractivity (Wildman–Crippen MR) is 356 cm³/mol. The number of hydrogen-bond donors (Lipinski definition) is 3. The van der Waals surface area contributed by atoms with Crippen molar-refractivity contribution >= 4 is 11.9 Å². The minimum Gasteiger partial charge on any atom is -0.466 e. The van der Waals surface area contributed by atoms with Gasteiger partial charge in [-0.3, -0.25) is 9.59 Å². The molecule has 0 radical (unpaired) electrons. The molecule has 2 atom stereocenters. The fourth-order valence-corrected chi connectivity index (χ4v) is 11.9. The van der Waals surface area contributed by atoms with Gasteiger partial charge in [-0.25, -0.2) is 0 Å². The van der Waals surface area contributed by atoms with Gasteiger partial charge in [0.15, 0.2) is 0 Å². The molecule has 1 amide bonds. The van der Waals surface area contributed by atoms with Crippen LogP contribution in [0.4, 0.5) is 0 Å². The van der Waals surface area contributed by atoms with Crippen LogP contribution in [0.3, 0.4) is 0 Å². The van der Waals surface area contributed by atoms with Crippen LogP contribution < -0.4 is 5.32 Å². The van der Waals surface area contributed by atoms with Gasteiger partial charge in [0.05, 0.1) is 25.4 Å². The highest BCUT2D eigenvalue weighted by Gasteiger charge is 2.20. The highest BCUT2D eigenvalue weighted by atomic mass is 16.5. The Bertz CT molecular complexity index is 1270. The lowest BCUT2D eigenvalue weighted by molar-refractivity contribution is -0.143. The predicted octanol–water partition coefficient (Wildman–Crippen LogP) is 24.1. The summed E-state index contributed by atoms with van der Waals surface area (Å²) >= 11 is 0. The second-order valence-electron chi connectivity index (χ2n) is 25.6. The molecule has 0 fully saturated rings. The van der Waals surface area contributed by atoms with Gasteiger partial charge >= 0.3 is 5.97 Å². The molecule has 0 saturated carbocycles. The van der Waals surface area contributed by atoms with E-state index >= 15 is 0 Å². The molecule has 81 heavy (non-hydrogen) atoms. The van der Waals surface area contributed by atoms with Gasteiger partial charge in [-0.05, 0) is 57.8 Å². The molecule has 0 rings (SSSR count). The lowest BCUT2D eigenvalue weighted by Crippen LogP contribution is -2.45. The molecule has 0 aromatic rings. The number of unbranched alkanes of at least 4 members (excludes halogenated alkanes) is 55. The van der Waals surface area contributed by atoms with Gasteiger partial charge in [-0.15, -0.1) is 0 Å². The van der Waals surface area contributed by atoms with E-state index in [1.165, 1.54) is 340 Å². The maximum absolute atomic E-state index is 12.6. The number of carbonyl (C=O) groups is 2. The van der Waals surface area contributed by atoms with Crippen molar-refractivity contribution in [2.24, 2.45) is 0 Å². The van der Waals surface area contributed by atoms with Crippen molar-refractivity contribution in [1.82, 2.24) is 5.32 Å². The quantitative estimate of drug-likeness (QED) is 0.0320. The number of hydrogen-bond acceptors (Lipinski definition) is 5. The number of aliphatic hydroxyl groups excluding tert-OH is 2. The fourth-order valence-electron chi connectivity index (χ4n) is 11.9. The first-order valence-corrected chi connectivity index (χ1v) is 37.1. The van der Waals surface area contributed by atoms with Gasteiger partial charge < -0.3 is 20.3 Å². The average molecular weight is 1140 g/mol. The van der Waals surface area contributed by atoms with Gasteiger partial charge in [0.1, 0.15) is 0 Å². The van der Waals surface area contributed by atoms with E-state index in [1.54, 1.807) is 0 Å². The first-order valence-electron chi connectivity index (χ1n) is 37.1. The minimum atomic E-state index is -0.666. The number of carbonyl (C=O) groups excluding carboxylic acids is 2. The van der Waals surface area contributed by atoms with E-state index in [2.05, 4.69) is 43.5 Å². The molecular formula is C75H145NO5. The second-order valence-corrected chi connectivity index (χ2v) is 25.6. The summed E-state index contributed by atoms with van der Waals surface area (Å²) in [6.45, 7) is 4.99. The lowest BCUT2D eigenvalue weighted by Gasteiger charge is -2.22. The van der Waals surface area contributed by atoms with Crippen LogP contribution in [0.25, 0.3) is 0 Å². The molecule has 2 unspecified atom stereocenters. The number of rotatable bonds is 70. The van der Waals surface area contributed by atoms with E-state index < -0.39 is 12.1 Å². The third-order valence-electron chi connectivity index (χ3n) is 17.5. The Labute approximate surface area is 507 Å². The molecule has 0 aliphatic carbocycles. The van der Waals surface area contributed by atoms with Crippen LogP contribution in [-0.2, 0) is 14.3 Å². The van der Waals surface area contributed by atoms with Crippen LogP contribution >= 0.6 is 0 Å². The SMILES string of the molecule is CCCCCCCCCCCCCCCCCCCCCCCCCC(O)C(CO)NC(=O)CCCCCCCCCCCCCCC/C=C\C/C=C\CCCCCCCCCCCOC(=O)CCCCCCCCCCCCCC. The van der Waals surface area contributed by atoms with Crippen molar-refractivity contribution in [3.8, 4) is 0 Å². The summed E-state index contributed by atoms with van der Waals surface area (Å²) in [6.07, 6.45) is 89.6. The third kappa shape index (κ3) is 67.3. The van der Waals surface area contributed by atoms with Gasteiger partial charge in [-0.2, -0.15) is 0 Å². The van der Waals surface area contributed by atoms with Gasteiger partial charge in [0.2, 0.25) is 5.91 Å². The third-order valence-corrected chi connectivity index (χ3v) is 17.5. The number of amides is 1. The monoisotopic (exact) mass is 1140 g/mol. The van der Waals surface area contributed by atoms with Crippen molar-refractivity contribution in [2.45, 2.75) is 431 Å². The molecule has 6 nitrogen and oxygen atoms in total. The summed E-state index contributed by atoms with van der Waals surface area (Å²) in [5.41, 5.74) is 0. The standard InChI is InChI=1S/C75H145NO5/c1-3-5-7-9-11-13-15-17-18-19-20-21-29-32-35-38-41-44-47-51-55-59-63-67-73(78)72(71-77)76-74(79)68-64-60-56-52-48-45-42-39-36-33-30-27-25-23-22-24-26-28-31-34-37-40-43-46-50-54-58-62-66-70-81-75(80)69-65-61-57-53-49-16-14-12-10-8-6-4-2/h22,24,28,31,72-73,77-78H,3-21,23,25-27,29-30,32-71H2,1-2H3,(H,76,79)/b24-22-,31-28-. The number of aliphatic hydroxyl groups is 2. The first-order chi connectivity index (χ1) is 40.0. The summed E-state index contributed by atoms with van der Waals surface area (Å²) in [5, 5.41) is 23.4. The van der Waals surface area contributed by atoms with Gasteiger partial charge in [0, 0.05) is 12.8 Å². The Morgan fingerprint density at radius 3 is 0.938 bits per heavy atom. The van der Waals surface area contributed by atoms with Crippen molar-refractivity contribution in [2.75, 3.05) is 13.2 Å². The topological polar surface area (TPSA) is 95.9 Å². The molecule has 0 aromatic heterocycles. The van der Waals surface area contributed by atoms with E-state index in [0.717, 1.165) is 44.9 Å². The zero-order chi connectivity index (χ0) is 58.5. The molecule has 0 aliphatic heterocycles. The van der Waals surface area contributed by atoms with Crippen LogP contribution in [0.15, 0.2) is 24.3 Å². The van der Waals surface area contributed by atoms with Gasteiger partial charge in [0.25, 0.3) is 0 Å². The summed E-state index contributed by atoms with van der Waals surface area (Å²) < 4.78 is 5.48. The largest absolute Gasteiger partial charge is 0.466 e. The summed E-state index contributed by atoms with van der Waals surface area (Å²) in [7, 11) is 0. The second kappa shape index (κ2) is 70.8. The van der Waals surface area contributed by atoms with E-state index in [-0.39, 0.29) is 18.5 Å². The number of allylic oxidation sites excluding steroid dienone is 4. The Morgan fingerprint density at radius 1 is 0.346 bits per heavy atom. The summed E-state index contributed by atoms with van der Waals surface area (Å²) in [6, 6.07) is -0.543. The molecule has 0 bridgehead atoms. The molecular weight excluding hydrogens is 995 g/mol. The van der Waals surface area contributed by atoms with E-state index in [4.69, 9.17) is 4.74 Å². The van der Waals surface area contributed by atoms with E-state index in [1.807, 2.05) is 0 Å². The number of esters is 1. The molecule has 0 aromatic carbocycles. The van der Waals surface area contributed by atoms with Crippen molar-refractivity contribution in [3.05, 3.63) is 24.3 Å². The number of nitrogens with one attached hydrogen (secondary N) is 1. The molecule has 0 spiro atoms. The summed E-state index contributed by atoms with van der Waals surface area (Å²) in [4.78, 5) is 24.6. The van der Waals surface area contributed by atoms with E-state index in [9.17, 15) is 19.8 Å². The number of ether oxygens (including phenoxy) is 1. The Balaban J connectivity index is 3.40. The molecule has 3 N–H and O–H groups in total. The zero-order valence-corrected chi connectivity index (χ0v) is 55.0. The Hall–Kier alpha value is -1.66. The van der Waals surface area contributed by atoms with Crippen molar-refractivity contribution in [3.63, 3.8) is 0 Å². The molecule has 0 heterocycles. The van der Waals surface area contributed by atoms with Crippen LogP contribution in [0.1, 0.15) is 418 Å². The highest BCUT2D eigenvalue weighted by molar-refractivity contribution is 5.76. The first kappa shape index (κ1) is 79.3. The van der Waals surface area contributed by atoms with Crippen LogP contribution in [0.2, 0.25) is 0 Å². The summed E-state index contributed by atoms with van der Waals surface area (Å²) in [5.74, 6) is -0.0173. The zero-order valence-electron chi connectivity index (χ0n) is 55.0. The fraction of sp³-hybridized carbons (Fsp3) is 0.920. The van der Waals surface area contributed by atoms with Crippen LogP contribution in [-0.4, -0.2) is 47.4 Å². The smallest absolute Gasteiger partial charge is 0.305 e. The molecule has 0 aliphatic rings. The van der Waals surface area contributed by atoms with Crippen molar-refractivity contribution < 1.29 is 24.5 Å². The minimum absolute atomic E-state index is 0.0136. The lowest BCUT2D eigenvalue weighted by atomic mass is 10.0. The molecule has 6 heteroatoms. The molecule has 480 valence electrons. The highest BCUT2D eigenvalue weighted by Crippen LogP contribution is 2.19. The van der Waals surface area contributed by atoms with Gasteiger partial charge in [-0.1, -0.05) is 372 Å². The van der Waals surface area contributed by atoms with Crippen LogP contribution in [0, 0.1) is 0 Å². The maximum atomic E-state index is 12.6. The average Bonchev–Trinajstić information content (AvgIpc) is 3.47. The maximum Gasteiger partial charge on any atom is 0.305 e.